The molecule has 0 amide bonds. The number of phenolic OH excluding ortho intramolecular Hbond substituents is 3. The topological polar surface area (TPSA) is 589 Å². The van der Waals surface area contributed by atoms with Crippen LogP contribution < -0.4 is 5.73 Å². The Bertz CT molecular complexity index is 4820. The monoisotopic (exact) mass is 1280 g/mol. The summed E-state index contributed by atoms with van der Waals surface area (Å²) in [4.78, 5) is 17.9. The van der Waals surface area contributed by atoms with Gasteiger partial charge in [-0.15, -0.1) is 63.5 Å². The normalized spacial score (nSPS) is 11.7. The maximum absolute atomic E-state index is 12.6. The molecule has 0 saturated carbocycles. The van der Waals surface area contributed by atoms with E-state index >= 15 is 0 Å². The van der Waals surface area contributed by atoms with Gasteiger partial charge in [0.1, 0.15) is 43.1 Å². The predicted octanol–water partition coefficient (Wildman–Crippen LogP) is 8.05. The number of aromatic hydroxyl groups is 3. The highest BCUT2D eigenvalue weighted by Crippen LogP contribution is 2.47. The Hall–Kier alpha value is -10.5. The van der Waals surface area contributed by atoms with Crippen LogP contribution in [0.3, 0.4) is 0 Å². The zero-order valence-electron chi connectivity index (χ0n) is 40.4. The number of non-ortho nitro benzene ring substituents is 2. The van der Waals surface area contributed by atoms with Gasteiger partial charge in [-0.2, -0.15) is 40.6 Å². The molecule has 8 N–H and O–H groups in total. The molecule has 0 radical (unpaired) electrons. The van der Waals surface area contributed by atoms with E-state index in [1.165, 1.54) is 72.8 Å². The third-order valence-corrected chi connectivity index (χ3v) is 13.0. The number of nitro benzene ring substituents is 2. The van der Waals surface area contributed by atoms with E-state index in [-0.39, 0.29) is 61.1 Å². The first kappa shape index (κ1) is 64.4. The fourth-order valence-corrected chi connectivity index (χ4v) is 8.92. The van der Waals surface area contributed by atoms with Gasteiger partial charge >= 0.3 is 31.8 Å². The maximum atomic E-state index is 12.6. The van der Waals surface area contributed by atoms with Crippen molar-refractivity contribution in [1.29, 1.82) is 0 Å². The van der Waals surface area contributed by atoms with E-state index in [1.54, 1.807) is 0 Å². The summed E-state index contributed by atoms with van der Waals surface area (Å²) in [6.07, 6.45) is 0. The number of rotatable bonds is 13. The standard InChI is InChI=1S/C42H27N11O16S3.3O3S/c43-37-36-21(2-13-32(42(36)56)48-45-24-5-10-28-20(15-24)1-12-31(40(28)54)49-47-30-14-9-27(53(59)60)19-33(30)70(61,62)63)17-34(71(64,65)66)38(37)50-46-25-6-11-29-22(16-25)18-35(72(67,68)69)39(41(29)55)51-44-23-3-7-26(8-4-23)52(57)58;3*1-4(2)3/h1-19,54-56H,43H2,(H,61,62,63)(H,64,65,66)(H,67,68,69);;;. The highest BCUT2D eigenvalue weighted by molar-refractivity contribution is 7.86. The number of hydrogen-bond acceptors (Lipinski definition) is 31. The second kappa shape index (κ2) is 26.4. The molecule has 0 spiro atoms. The number of anilines is 1. The Kier molecular flexibility index (Phi) is 20.2. The number of nitrogens with zero attached hydrogens (tertiary/aromatic N) is 10. The molecule has 0 atom stereocenters. The molecule has 84 heavy (non-hydrogen) atoms. The van der Waals surface area contributed by atoms with Crippen LogP contribution >= 0.6 is 0 Å². The minimum absolute atomic E-state index is 0.00657. The van der Waals surface area contributed by atoms with Crippen molar-refractivity contribution < 1.29 is 102 Å². The Balaban J connectivity index is 0.000000982. The highest BCUT2D eigenvalue weighted by Gasteiger charge is 2.26. The van der Waals surface area contributed by atoms with E-state index in [4.69, 9.17) is 43.6 Å². The number of hydrogen-bond donors (Lipinski definition) is 7. The fraction of sp³-hybridized carbons (Fsp3) is 0. The van der Waals surface area contributed by atoms with Crippen molar-refractivity contribution in [2.45, 2.75) is 14.7 Å². The molecule has 42 heteroatoms. The molecule has 36 nitrogen and oxygen atoms in total. The highest BCUT2D eigenvalue weighted by atomic mass is 32.2. The summed E-state index contributed by atoms with van der Waals surface area (Å²) in [5.74, 6) is -1.80. The Morgan fingerprint density at radius 1 is 0.393 bits per heavy atom. The summed E-state index contributed by atoms with van der Waals surface area (Å²) in [6.45, 7) is 0. The van der Waals surface area contributed by atoms with Gasteiger partial charge < -0.3 is 21.1 Å². The second-order valence-electron chi connectivity index (χ2n) is 15.5. The molecule has 436 valence electrons. The van der Waals surface area contributed by atoms with Gasteiger partial charge in [0, 0.05) is 35.0 Å². The molecule has 0 aliphatic rings. The van der Waals surface area contributed by atoms with Crippen molar-refractivity contribution in [3.8, 4) is 17.2 Å². The molecular formula is C42H27N11O25S6. The zero-order valence-corrected chi connectivity index (χ0v) is 45.3. The van der Waals surface area contributed by atoms with Gasteiger partial charge in [0.2, 0.25) is 0 Å². The van der Waals surface area contributed by atoms with Crippen LogP contribution in [0.4, 0.5) is 62.6 Å². The van der Waals surface area contributed by atoms with Crippen LogP contribution in [-0.2, 0) is 62.2 Å². The van der Waals surface area contributed by atoms with Crippen molar-refractivity contribution in [3.63, 3.8) is 0 Å². The minimum Gasteiger partial charge on any atom is -0.505 e. The van der Waals surface area contributed by atoms with Crippen LogP contribution in [0, 0.1) is 20.2 Å². The molecule has 0 aliphatic heterocycles. The summed E-state index contributed by atoms with van der Waals surface area (Å²) in [5.41, 5.74) is 2.94. The van der Waals surface area contributed by atoms with Crippen molar-refractivity contribution in [2.75, 3.05) is 5.73 Å². The first-order valence-corrected chi connectivity index (χ1v) is 28.5. The first-order valence-electron chi connectivity index (χ1n) is 21.1. The number of phenols is 3. The predicted molar refractivity (Wildman–Crippen MR) is 283 cm³/mol. The lowest BCUT2D eigenvalue weighted by molar-refractivity contribution is -0.385. The number of nitrogen functional groups attached to an aromatic ring is 1. The van der Waals surface area contributed by atoms with Gasteiger partial charge in [-0.3, -0.25) is 33.9 Å². The molecule has 0 saturated heterocycles. The number of nitrogens with two attached hydrogens (primary N) is 1. The van der Waals surface area contributed by atoms with Crippen LogP contribution in [0.15, 0.2) is 171 Å². The number of fused-ring (bicyclic) bond motifs is 3. The molecule has 0 heterocycles. The smallest absolute Gasteiger partial charge is 0.425 e. The maximum Gasteiger partial charge on any atom is 0.425 e. The first-order chi connectivity index (χ1) is 39.1. The van der Waals surface area contributed by atoms with Crippen molar-refractivity contribution in [1.82, 2.24) is 0 Å². The molecular weight excluding hydrogens is 1250 g/mol. The van der Waals surface area contributed by atoms with Crippen LogP contribution in [0.25, 0.3) is 32.3 Å². The average molecular weight is 1280 g/mol. The van der Waals surface area contributed by atoms with Crippen LogP contribution in [0.5, 0.6) is 17.2 Å². The average Bonchev–Trinajstić information content (AvgIpc) is 2.21. The van der Waals surface area contributed by atoms with E-state index in [2.05, 4.69) is 40.9 Å². The van der Waals surface area contributed by atoms with E-state index < -0.39 is 132 Å². The Labute approximate surface area is 470 Å². The van der Waals surface area contributed by atoms with Gasteiger partial charge in [0.25, 0.3) is 41.7 Å². The third kappa shape index (κ3) is 16.6. The third-order valence-electron chi connectivity index (χ3n) is 10.3. The van der Waals surface area contributed by atoms with Gasteiger partial charge in [-0.05, 0) is 95.0 Å². The molecule has 8 rings (SSSR count). The van der Waals surface area contributed by atoms with Gasteiger partial charge in [0.05, 0.1) is 38.0 Å². The second-order valence-corrected chi connectivity index (χ2v) is 20.9. The summed E-state index contributed by atoms with van der Waals surface area (Å²) >= 11 is 0. The summed E-state index contributed by atoms with van der Waals surface area (Å²) in [7, 11) is -24.5. The molecule has 8 aromatic carbocycles. The minimum atomic E-state index is -5.10. The van der Waals surface area contributed by atoms with Crippen molar-refractivity contribution >= 4 is 157 Å². The van der Waals surface area contributed by atoms with E-state index in [0.717, 1.165) is 36.4 Å². The van der Waals surface area contributed by atoms with Crippen LogP contribution in [-0.4, -0.2) is 102 Å². The lowest BCUT2D eigenvalue weighted by Gasteiger charge is -2.12. The van der Waals surface area contributed by atoms with Crippen LogP contribution in [0.1, 0.15) is 0 Å². The number of azo groups is 4. The quantitative estimate of drug-likeness (QED) is 0.0189. The van der Waals surface area contributed by atoms with E-state index in [0.29, 0.717) is 11.5 Å². The summed E-state index contributed by atoms with van der Waals surface area (Å²) in [5, 5.41) is 87.2. The lowest BCUT2D eigenvalue weighted by atomic mass is 10.1. The van der Waals surface area contributed by atoms with Gasteiger partial charge in [-0.1, -0.05) is 12.1 Å². The van der Waals surface area contributed by atoms with Gasteiger partial charge in [-0.25, -0.2) is 0 Å². The van der Waals surface area contributed by atoms with E-state index in [1.807, 2.05) is 0 Å². The molecule has 0 aliphatic carbocycles. The Morgan fingerprint density at radius 2 is 0.774 bits per heavy atom. The van der Waals surface area contributed by atoms with Gasteiger partial charge in [0.15, 0.2) is 17.2 Å². The molecule has 0 fully saturated rings. The number of benzene rings is 8. The van der Waals surface area contributed by atoms with Crippen molar-refractivity contribution in [2.24, 2.45) is 40.9 Å². The molecule has 8 aromatic rings. The largest absolute Gasteiger partial charge is 0.505 e. The zero-order chi connectivity index (χ0) is 62.8. The SMILES string of the molecule is Nc1c(N=Nc2ccc3c(O)c(N=Nc4ccc([N+](=O)[O-])cc4)c(S(=O)(=O)O)cc3c2)c(S(=O)(=O)O)cc2ccc(N=Nc3ccc4c(O)c(N=Nc5ccc([N+](=O)[O-])cc5S(=O)(=O)O)ccc4c3)c(O)c12.O=S(=O)=O.O=S(=O)=O.O=S(=O)=O. The van der Waals surface area contributed by atoms with Crippen LogP contribution in [0.2, 0.25) is 0 Å². The van der Waals surface area contributed by atoms with E-state index in [9.17, 15) is 74.5 Å². The summed E-state index contributed by atoms with van der Waals surface area (Å²) < 4.78 is 180. The molecule has 0 aromatic heterocycles. The lowest BCUT2D eigenvalue weighted by Crippen LogP contribution is -2.01. The number of nitro groups is 2. The van der Waals surface area contributed by atoms with Crippen molar-refractivity contribution in [3.05, 3.63) is 135 Å². The molecule has 0 bridgehead atoms. The fourth-order valence-electron chi connectivity index (χ4n) is 6.95. The molecule has 0 unspecified atom stereocenters. The Morgan fingerprint density at radius 3 is 1.30 bits per heavy atom. The summed E-state index contributed by atoms with van der Waals surface area (Å²) in [6, 6.07) is 22.3.